The second-order valence-corrected chi connectivity index (χ2v) is 5.77. The van der Waals surface area contributed by atoms with Gasteiger partial charge >= 0.3 is 0 Å². The van der Waals surface area contributed by atoms with Crippen molar-refractivity contribution in [3.05, 3.63) is 58.7 Å². The minimum absolute atomic E-state index is 0.00874. The third-order valence-corrected chi connectivity index (χ3v) is 3.93. The number of anilines is 1. The zero-order chi connectivity index (χ0) is 19.1. The third kappa shape index (κ3) is 4.64. The molecule has 5 nitrogen and oxygen atoms in total. The highest BCUT2D eigenvalue weighted by Crippen LogP contribution is 2.29. The molecule has 0 aliphatic rings. The van der Waals surface area contributed by atoms with E-state index in [1.807, 2.05) is 45.0 Å². The lowest BCUT2D eigenvalue weighted by molar-refractivity contribution is -0.112. The number of methoxy groups -OCH3 is 1. The summed E-state index contributed by atoms with van der Waals surface area (Å²) in [4.78, 5) is 12.4. The van der Waals surface area contributed by atoms with Crippen LogP contribution in [0.25, 0.3) is 6.08 Å². The van der Waals surface area contributed by atoms with Crippen molar-refractivity contribution in [1.29, 1.82) is 5.26 Å². The number of carbonyl (C=O) groups excluding carboxylic acids is 1. The lowest BCUT2D eigenvalue weighted by Gasteiger charge is -2.10. The van der Waals surface area contributed by atoms with Gasteiger partial charge in [-0.2, -0.15) is 5.26 Å². The molecule has 0 atom stereocenters. The van der Waals surface area contributed by atoms with Crippen molar-refractivity contribution in [2.75, 3.05) is 19.0 Å². The van der Waals surface area contributed by atoms with E-state index in [1.165, 1.54) is 6.08 Å². The summed E-state index contributed by atoms with van der Waals surface area (Å²) < 4.78 is 10.8. The van der Waals surface area contributed by atoms with Gasteiger partial charge in [-0.05, 0) is 67.8 Å². The molecule has 5 heteroatoms. The van der Waals surface area contributed by atoms with Crippen LogP contribution >= 0.6 is 0 Å². The predicted molar refractivity (Wildman–Crippen MR) is 102 cm³/mol. The lowest BCUT2D eigenvalue weighted by atomic mass is 10.1. The number of hydrogen-bond acceptors (Lipinski definition) is 4. The van der Waals surface area contributed by atoms with Crippen molar-refractivity contribution in [3.63, 3.8) is 0 Å². The number of nitrogens with one attached hydrogen (secondary N) is 1. The number of ether oxygens (including phenoxy) is 2. The van der Waals surface area contributed by atoms with E-state index < -0.39 is 5.91 Å². The molecule has 0 saturated heterocycles. The van der Waals surface area contributed by atoms with Crippen molar-refractivity contribution in [3.8, 4) is 17.6 Å². The van der Waals surface area contributed by atoms with Crippen LogP contribution in [-0.4, -0.2) is 19.6 Å². The number of nitriles is 1. The molecular weight excluding hydrogens is 328 g/mol. The first kappa shape index (κ1) is 19.1. The number of carbonyl (C=O) groups is 1. The molecule has 0 aliphatic carbocycles. The van der Waals surface area contributed by atoms with Crippen LogP contribution in [0.4, 0.5) is 5.69 Å². The Hall–Kier alpha value is -3.26. The fourth-order valence-corrected chi connectivity index (χ4v) is 2.38. The van der Waals surface area contributed by atoms with Crippen molar-refractivity contribution in [2.45, 2.75) is 20.8 Å². The van der Waals surface area contributed by atoms with Crippen LogP contribution < -0.4 is 14.8 Å². The van der Waals surface area contributed by atoms with E-state index in [0.717, 1.165) is 11.1 Å². The maximum Gasteiger partial charge on any atom is 0.266 e. The van der Waals surface area contributed by atoms with E-state index in [-0.39, 0.29) is 5.57 Å². The van der Waals surface area contributed by atoms with Crippen molar-refractivity contribution < 1.29 is 14.3 Å². The minimum atomic E-state index is -0.455. The van der Waals surface area contributed by atoms with Crippen LogP contribution in [0.3, 0.4) is 0 Å². The van der Waals surface area contributed by atoms with Crippen molar-refractivity contribution in [2.24, 2.45) is 0 Å². The van der Waals surface area contributed by atoms with Gasteiger partial charge in [0, 0.05) is 5.69 Å². The smallest absolute Gasteiger partial charge is 0.266 e. The van der Waals surface area contributed by atoms with E-state index >= 15 is 0 Å². The second-order valence-electron chi connectivity index (χ2n) is 5.77. The summed E-state index contributed by atoms with van der Waals surface area (Å²) in [5, 5.41) is 12.1. The quantitative estimate of drug-likeness (QED) is 0.624. The fraction of sp³-hybridized carbons (Fsp3) is 0.238. The van der Waals surface area contributed by atoms with Crippen LogP contribution in [0.15, 0.2) is 42.0 Å². The zero-order valence-electron chi connectivity index (χ0n) is 15.4. The largest absolute Gasteiger partial charge is 0.493 e. The Labute approximate surface area is 153 Å². The van der Waals surface area contributed by atoms with Crippen LogP contribution in [0.2, 0.25) is 0 Å². The predicted octanol–water partition coefficient (Wildman–Crippen LogP) is 4.26. The van der Waals surface area contributed by atoms with Gasteiger partial charge < -0.3 is 14.8 Å². The number of benzene rings is 2. The Morgan fingerprint density at radius 3 is 2.54 bits per heavy atom. The first-order valence-corrected chi connectivity index (χ1v) is 8.29. The molecule has 0 spiro atoms. The summed E-state index contributed by atoms with van der Waals surface area (Å²) in [5.41, 5.74) is 3.55. The first-order chi connectivity index (χ1) is 12.5. The van der Waals surface area contributed by atoms with E-state index in [0.29, 0.717) is 29.4 Å². The molecule has 0 aromatic heterocycles. The lowest BCUT2D eigenvalue weighted by Crippen LogP contribution is -2.13. The molecule has 0 fully saturated rings. The zero-order valence-corrected chi connectivity index (χ0v) is 15.4. The highest BCUT2D eigenvalue weighted by atomic mass is 16.5. The number of amides is 1. The maximum atomic E-state index is 12.4. The average molecular weight is 350 g/mol. The average Bonchev–Trinajstić information content (AvgIpc) is 2.63. The number of rotatable bonds is 6. The fourth-order valence-electron chi connectivity index (χ4n) is 2.38. The SMILES string of the molecule is CCOc1ccc(/C=C(\C#N)C(=O)Nc2ccc(C)c(C)c2)cc1OC. The highest BCUT2D eigenvalue weighted by Gasteiger charge is 2.11. The number of hydrogen-bond donors (Lipinski definition) is 1. The Morgan fingerprint density at radius 2 is 1.92 bits per heavy atom. The number of aryl methyl sites for hydroxylation is 2. The Bertz CT molecular complexity index is 879. The van der Waals surface area contributed by atoms with Gasteiger partial charge in [0.25, 0.3) is 5.91 Å². The van der Waals surface area contributed by atoms with Gasteiger partial charge in [0.1, 0.15) is 11.6 Å². The summed E-state index contributed by atoms with van der Waals surface area (Å²) >= 11 is 0. The summed E-state index contributed by atoms with van der Waals surface area (Å²) in [6.07, 6.45) is 1.52. The standard InChI is InChI=1S/C21H22N2O3/c1-5-26-19-9-7-16(12-20(19)25-4)11-17(13-22)21(24)23-18-8-6-14(2)15(3)10-18/h6-12H,5H2,1-4H3,(H,23,24)/b17-11+. The summed E-state index contributed by atoms with van der Waals surface area (Å²) in [6.45, 7) is 6.38. The van der Waals surface area contributed by atoms with Crippen LogP contribution in [0.5, 0.6) is 11.5 Å². The topological polar surface area (TPSA) is 71.3 Å². The summed E-state index contributed by atoms with van der Waals surface area (Å²) in [7, 11) is 1.54. The van der Waals surface area contributed by atoms with Crippen LogP contribution in [-0.2, 0) is 4.79 Å². The molecule has 2 aromatic rings. The molecule has 1 amide bonds. The Kier molecular flexibility index (Phi) is 6.40. The molecule has 134 valence electrons. The van der Waals surface area contributed by atoms with E-state index in [1.54, 1.807) is 25.3 Å². The second kappa shape index (κ2) is 8.72. The molecular formula is C21H22N2O3. The molecule has 0 radical (unpaired) electrons. The Morgan fingerprint density at radius 1 is 1.15 bits per heavy atom. The van der Waals surface area contributed by atoms with Gasteiger partial charge in [-0.25, -0.2) is 0 Å². The normalized spacial score (nSPS) is 10.8. The molecule has 2 aromatic carbocycles. The highest BCUT2D eigenvalue weighted by molar-refractivity contribution is 6.09. The summed E-state index contributed by atoms with van der Waals surface area (Å²) in [5.74, 6) is 0.710. The Balaban J connectivity index is 2.25. The maximum absolute atomic E-state index is 12.4. The summed E-state index contributed by atoms with van der Waals surface area (Å²) in [6, 6.07) is 12.8. The molecule has 0 unspecified atom stereocenters. The minimum Gasteiger partial charge on any atom is -0.493 e. The molecule has 26 heavy (non-hydrogen) atoms. The monoisotopic (exact) mass is 350 g/mol. The van der Waals surface area contributed by atoms with Crippen molar-refractivity contribution in [1.82, 2.24) is 0 Å². The number of nitrogens with zero attached hydrogens (tertiary/aromatic N) is 1. The van der Waals surface area contributed by atoms with Crippen LogP contribution in [0, 0.1) is 25.2 Å². The molecule has 2 rings (SSSR count). The van der Waals surface area contributed by atoms with Gasteiger partial charge in [0.05, 0.1) is 13.7 Å². The first-order valence-electron chi connectivity index (χ1n) is 8.29. The third-order valence-electron chi connectivity index (χ3n) is 3.93. The molecule has 1 N–H and O–H groups in total. The van der Waals surface area contributed by atoms with Gasteiger partial charge in [-0.3, -0.25) is 4.79 Å². The van der Waals surface area contributed by atoms with E-state index in [4.69, 9.17) is 9.47 Å². The van der Waals surface area contributed by atoms with Crippen molar-refractivity contribution >= 4 is 17.7 Å². The molecule has 0 aliphatic heterocycles. The molecule has 0 bridgehead atoms. The molecule has 0 saturated carbocycles. The van der Waals surface area contributed by atoms with Gasteiger partial charge in [-0.15, -0.1) is 0 Å². The van der Waals surface area contributed by atoms with Gasteiger partial charge in [-0.1, -0.05) is 12.1 Å². The van der Waals surface area contributed by atoms with Gasteiger partial charge in [0.2, 0.25) is 0 Å². The van der Waals surface area contributed by atoms with E-state index in [9.17, 15) is 10.1 Å². The van der Waals surface area contributed by atoms with Gasteiger partial charge in [0.15, 0.2) is 11.5 Å². The molecule has 0 heterocycles. The van der Waals surface area contributed by atoms with Crippen LogP contribution in [0.1, 0.15) is 23.6 Å². The van der Waals surface area contributed by atoms with E-state index in [2.05, 4.69) is 5.32 Å².